The van der Waals surface area contributed by atoms with Crippen LogP contribution in [0.4, 0.5) is 0 Å². The Morgan fingerprint density at radius 2 is 2.27 bits per heavy atom. The summed E-state index contributed by atoms with van der Waals surface area (Å²) in [5.41, 5.74) is -0.256. The first-order valence-electron chi connectivity index (χ1n) is 3.27. The molecule has 1 heterocycles. The summed E-state index contributed by atoms with van der Waals surface area (Å²) in [7, 11) is 0. The first-order chi connectivity index (χ1) is 5.20. The molecule has 0 amide bonds. The summed E-state index contributed by atoms with van der Waals surface area (Å²) >= 11 is 1.44. The summed E-state index contributed by atoms with van der Waals surface area (Å²) in [5.74, 6) is -0.350. The van der Waals surface area contributed by atoms with Crippen molar-refractivity contribution in [1.29, 1.82) is 0 Å². The van der Waals surface area contributed by atoms with Gasteiger partial charge >= 0.3 is 30.2 Å². The van der Waals surface area contributed by atoms with E-state index in [9.17, 15) is 4.79 Å². The second kappa shape index (κ2) is 6.11. The smallest absolute Gasteiger partial charge is 0.285 e. The Balaban J connectivity index is 0.000000292. The molecule has 1 N–H and O–H groups in total. The van der Waals surface area contributed by atoms with Crippen LogP contribution < -0.4 is 5.43 Å². The fourth-order valence-corrected chi connectivity index (χ4v) is 0.375. The number of hydrogen-bond donors (Lipinski definition) is 1. The van der Waals surface area contributed by atoms with Crippen LogP contribution in [-0.4, -0.2) is 5.11 Å². The van der Waals surface area contributed by atoms with Gasteiger partial charge in [0, 0.05) is 6.07 Å². The molecule has 0 aromatic carbocycles. The minimum Gasteiger partial charge on any atom is -0.481 e. The van der Waals surface area contributed by atoms with Gasteiger partial charge in [0.15, 0.2) is 5.43 Å². The molecule has 1 aromatic rings. The van der Waals surface area contributed by atoms with Crippen LogP contribution in [0, 0.1) is 0 Å². The van der Waals surface area contributed by atoms with E-state index in [0.717, 1.165) is 12.3 Å². The van der Waals surface area contributed by atoms with Crippen LogP contribution in [0.1, 0.15) is 6.92 Å². The molecular weight excluding hydrogens is 197 g/mol. The molecule has 0 bridgehead atoms. The van der Waals surface area contributed by atoms with Crippen LogP contribution in [0.5, 0.6) is 5.95 Å². The molecule has 1 aromatic heterocycles. The van der Waals surface area contributed by atoms with Gasteiger partial charge < -0.3 is 9.52 Å². The van der Waals surface area contributed by atoms with Crippen molar-refractivity contribution >= 4 is 0 Å². The Morgan fingerprint density at radius 1 is 1.73 bits per heavy atom. The standard InChI is InChI=1S/C5H4O3.C2H5.Zn/c6-4-1-2-8-5(7)3-4;1-2;/h1-3,7H;1H2,2H3;. The zero-order valence-corrected chi connectivity index (χ0v) is 9.38. The Morgan fingerprint density at radius 3 is 2.55 bits per heavy atom. The Kier molecular flexibility index (Phi) is 5.76. The van der Waals surface area contributed by atoms with Crippen LogP contribution in [0.25, 0.3) is 0 Å². The van der Waals surface area contributed by atoms with Gasteiger partial charge in [-0.25, -0.2) is 0 Å². The van der Waals surface area contributed by atoms with Crippen molar-refractivity contribution < 1.29 is 27.8 Å². The molecule has 0 spiro atoms. The Bertz CT molecular complexity index is 243. The van der Waals surface area contributed by atoms with Crippen LogP contribution in [-0.2, 0) is 18.3 Å². The van der Waals surface area contributed by atoms with E-state index in [-0.39, 0.29) is 11.4 Å². The summed E-state index contributed by atoms with van der Waals surface area (Å²) in [6.07, 6.45) is 1.14. The van der Waals surface area contributed by atoms with Crippen molar-refractivity contribution in [3.8, 4) is 5.95 Å². The molecule has 3 nitrogen and oxygen atoms in total. The molecule has 1 rings (SSSR count). The molecule has 0 aliphatic heterocycles. The second-order valence-corrected chi connectivity index (χ2v) is 3.90. The van der Waals surface area contributed by atoms with E-state index in [4.69, 9.17) is 5.11 Å². The molecule has 11 heavy (non-hydrogen) atoms. The molecule has 0 fully saturated rings. The van der Waals surface area contributed by atoms with Gasteiger partial charge in [0.05, 0.1) is 12.3 Å². The van der Waals surface area contributed by atoms with E-state index in [1.54, 1.807) is 0 Å². The largest absolute Gasteiger partial charge is 0.481 e. The molecule has 57 valence electrons. The maximum Gasteiger partial charge on any atom is 0.285 e. The van der Waals surface area contributed by atoms with Crippen molar-refractivity contribution in [2.75, 3.05) is 0 Å². The topological polar surface area (TPSA) is 50.4 Å². The zero-order chi connectivity index (χ0) is 8.69. The summed E-state index contributed by atoms with van der Waals surface area (Å²) < 4.78 is 4.36. The zero-order valence-electron chi connectivity index (χ0n) is 6.41. The molecule has 0 saturated heterocycles. The fourth-order valence-electron chi connectivity index (χ4n) is 0.375. The van der Waals surface area contributed by atoms with Gasteiger partial charge in [-0.15, -0.1) is 0 Å². The third kappa shape index (κ3) is 5.80. The van der Waals surface area contributed by atoms with Gasteiger partial charge in [0.2, 0.25) is 0 Å². The van der Waals surface area contributed by atoms with Gasteiger partial charge in [-0.1, -0.05) is 0 Å². The Hall–Kier alpha value is -0.627. The van der Waals surface area contributed by atoms with Gasteiger partial charge in [-0.3, -0.25) is 4.79 Å². The third-order valence-corrected chi connectivity index (χ3v) is 0.687. The van der Waals surface area contributed by atoms with Gasteiger partial charge in [-0.2, -0.15) is 0 Å². The minimum absolute atomic E-state index is 0.256. The summed E-state index contributed by atoms with van der Waals surface area (Å²) in [4.78, 5) is 10.3. The number of aromatic hydroxyl groups is 1. The van der Waals surface area contributed by atoms with Crippen molar-refractivity contribution in [2.45, 2.75) is 11.9 Å². The van der Waals surface area contributed by atoms with E-state index < -0.39 is 0 Å². The summed E-state index contributed by atoms with van der Waals surface area (Å²) in [6.45, 7) is 2.18. The molecule has 0 radical (unpaired) electrons. The average Bonchev–Trinajstić information content (AvgIpc) is 1.88. The van der Waals surface area contributed by atoms with E-state index in [1.165, 1.54) is 29.4 Å². The molecule has 0 atom stereocenters. The summed E-state index contributed by atoms with van der Waals surface area (Å²) in [5, 5.41) is 9.82. The van der Waals surface area contributed by atoms with E-state index >= 15 is 0 Å². The van der Waals surface area contributed by atoms with Crippen LogP contribution >= 0.6 is 0 Å². The van der Waals surface area contributed by atoms with E-state index in [0.29, 0.717) is 0 Å². The SMILES string of the molecule is C[CH2][Zn].O=c1ccoc(O)c1. The van der Waals surface area contributed by atoms with Gasteiger partial charge in [-0.05, 0) is 0 Å². The predicted molar refractivity (Wildman–Crippen MR) is 37.1 cm³/mol. The van der Waals surface area contributed by atoms with Crippen molar-refractivity contribution in [3.05, 3.63) is 28.6 Å². The van der Waals surface area contributed by atoms with E-state index in [1.807, 2.05) is 0 Å². The first-order valence-corrected chi connectivity index (χ1v) is 5.37. The molecular formula is C7H9O3Zn. The normalized spacial score (nSPS) is 8.27. The molecule has 0 aliphatic rings. The molecule has 0 aliphatic carbocycles. The number of hydrogen-bond acceptors (Lipinski definition) is 3. The molecule has 4 heteroatoms. The van der Waals surface area contributed by atoms with Crippen molar-refractivity contribution in [1.82, 2.24) is 0 Å². The molecule has 0 unspecified atom stereocenters. The van der Waals surface area contributed by atoms with Crippen LogP contribution in [0.3, 0.4) is 0 Å². The fraction of sp³-hybridized carbons (Fsp3) is 0.286. The van der Waals surface area contributed by atoms with Crippen molar-refractivity contribution in [3.63, 3.8) is 0 Å². The van der Waals surface area contributed by atoms with Gasteiger partial charge in [0.25, 0.3) is 5.95 Å². The maximum atomic E-state index is 10.3. The first kappa shape index (κ1) is 10.4. The van der Waals surface area contributed by atoms with Crippen molar-refractivity contribution in [2.24, 2.45) is 0 Å². The maximum absolute atomic E-state index is 10.3. The van der Waals surface area contributed by atoms with Crippen LogP contribution in [0.2, 0.25) is 5.02 Å². The quantitative estimate of drug-likeness (QED) is 0.652. The minimum atomic E-state index is -0.350. The average molecular weight is 207 g/mol. The third-order valence-electron chi connectivity index (χ3n) is 0.687. The number of rotatable bonds is 0. The monoisotopic (exact) mass is 205 g/mol. The predicted octanol–water partition coefficient (Wildman–Crippen LogP) is 1.32. The second-order valence-electron chi connectivity index (χ2n) is 1.81. The van der Waals surface area contributed by atoms with E-state index in [2.05, 4.69) is 11.3 Å². The van der Waals surface area contributed by atoms with Crippen LogP contribution in [0.15, 0.2) is 27.6 Å². The Labute approximate surface area is 74.7 Å². The summed E-state index contributed by atoms with van der Waals surface area (Å²) in [6, 6.07) is 2.22. The van der Waals surface area contributed by atoms with Gasteiger partial charge in [0.1, 0.15) is 0 Å². The molecule has 0 saturated carbocycles.